The number of hydrogen-bond donors (Lipinski definition) is 0. The van der Waals surface area contributed by atoms with Crippen molar-refractivity contribution in [3.63, 3.8) is 0 Å². The third-order valence-electron chi connectivity index (χ3n) is 8.51. The highest BCUT2D eigenvalue weighted by molar-refractivity contribution is 7.90. The van der Waals surface area contributed by atoms with Gasteiger partial charge < -0.3 is 9.80 Å². The van der Waals surface area contributed by atoms with Gasteiger partial charge in [0.1, 0.15) is 17.3 Å². The second-order valence-electron chi connectivity index (χ2n) is 11.3. The first kappa shape index (κ1) is 30.0. The van der Waals surface area contributed by atoms with Crippen LogP contribution in [0.2, 0.25) is 5.02 Å². The Balaban J connectivity index is 1.67. The Morgan fingerprint density at radius 3 is 2.50 bits per heavy atom. The normalized spacial score (nSPS) is 17.5. The van der Waals surface area contributed by atoms with Gasteiger partial charge in [0.15, 0.2) is 15.5 Å². The lowest BCUT2D eigenvalue weighted by molar-refractivity contribution is -0.126. The van der Waals surface area contributed by atoms with E-state index in [1.54, 1.807) is 35.2 Å². The molecule has 1 saturated carbocycles. The van der Waals surface area contributed by atoms with Crippen LogP contribution in [0, 0.1) is 5.82 Å². The van der Waals surface area contributed by atoms with E-state index in [0.29, 0.717) is 30.8 Å². The highest BCUT2D eigenvalue weighted by Gasteiger charge is 2.33. The molecule has 0 bridgehead atoms. The van der Waals surface area contributed by atoms with Crippen LogP contribution in [0.1, 0.15) is 37.7 Å². The first-order valence-electron chi connectivity index (χ1n) is 14.4. The fourth-order valence-corrected chi connectivity index (χ4v) is 7.21. The van der Waals surface area contributed by atoms with Gasteiger partial charge in [0.25, 0.3) is 0 Å². The maximum Gasteiger partial charge on any atom is 0.355 e. The number of benzene rings is 2. The fraction of sp³-hybridized carbons (Fsp3) is 0.312. The standard InChI is InChI=1S/C32H31ClFN5O4S/c1-4-27(40)37-15-16-38(19(2)18-37)30-23-17-25(34)28(22-11-5-6-13-24(22)33)35-31(23)39(32(41)36-30)29-21(20-9-7-10-20)12-8-14-26(29)44(3,42)43/h4-6,8,11-14,17,19-20H,1,7,9-10,15-16,18H2,2-3H3/t19-/m0/s1. The van der Waals surface area contributed by atoms with E-state index in [1.807, 2.05) is 17.9 Å². The van der Waals surface area contributed by atoms with Crippen LogP contribution >= 0.6 is 11.6 Å². The third-order valence-corrected chi connectivity index (χ3v) is 9.97. The summed E-state index contributed by atoms with van der Waals surface area (Å²) < 4.78 is 43.5. The number of hydrogen-bond acceptors (Lipinski definition) is 7. The Morgan fingerprint density at radius 2 is 1.86 bits per heavy atom. The molecule has 2 aromatic heterocycles. The van der Waals surface area contributed by atoms with Crippen LogP contribution in [0.15, 0.2) is 70.9 Å². The van der Waals surface area contributed by atoms with Crippen molar-refractivity contribution in [1.82, 2.24) is 19.4 Å². The van der Waals surface area contributed by atoms with Crippen molar-refractivity contribution in [2.75, 3.05) is 30.8 Å². The smallest absolute Gasteiger partial charge is 0.350 e. The summed E-state index contributed by atoms with van der Waals surface area (Å²) in [6, 6.07) is 12.6. The van der Waals surface area contributed by atoms with E-state index < -0.39 is 21.3 Å². The molecule has 6 rings (SSSR count). The molecule has 228 valence electrons. The van der Waals surface area contributed by atoms with Gasteiger partial charge in [-0.05, 0) is 55.5 Å². The molecule has 0 N–H and O–H groups in total. The summed E-state index contributed by atoms with van der Waals surface area (Å²) in [6.45, 7) is 6.47. The van der Waals surface area contributed by atoms with E-state index in [-0.39, 0.29) is 56.0 Å². The van der Waals surface area contributed by atoms with Crippen LogP contribution in [0.25, 0.3) is 28.0 Å². The molecule has 1 saturated heterocycles. The first-order valence-corrected chi connectivity index (χ1v) is 16.7. The van der Waals surface area contributed by atoms with Gasteiger partial charge in [-0.25, -0.2) is 27.2 Å². The Kier molecular flexibility index (Phi) is 7.79. The average Bonchev–Trinajstić information content (AvgIpc) is 2.95. The van der Waals surface area contributed by atoms with Crippen LogP contribution in [0.5, 0.6) is 0 Å². The first-order chi connectivity index (χ1) is 21.0. The van der Waals surface area contributed by atoms with Gasteiger partial charge in [0, 0.05) is 37.5 Å². The van der Waals surface area contributed by atoms with Crippen molar-refractivity contribution < 1.29 is 17.6 Å². The fourth-order valence-electron chi connectivity index (χ4n) is 6.10. The number of pyridine rings is 1. The summed E-state index contributed by atoms with van der Waals surface area (Å²) in [6.07, 6.45) is 5.02. The number of aromatic nitrogens is 3. The Bertz CT molecular complexity index is 1990. The molecule has 3 heterocycles. The molecule has 44 heavy (non-hydrogen) atoms. The van der Waals surface area contributed by atoms with E-state index in [2.05, 4.69) is 11.6 Å². The molecule has 0 spiro atoms. The van der Waals surface area contributed by atoms with Gasteiger partial charge in [-0.1, -0.05) is 54.9 Å². The van der Waals surface area contributed by atoms with E-state index >= 15 is 4.39 Å². The Hall–Kier alpha value is -4.09. The van der Waals surface area contributed by atoms with Crippen LogP contribution < -0.4 is 10.6 Å². The van der Waals surface area contributed by atoms with Crippen molar-refractivity contribution in [3.8, 4) is 16.9 Å². The van der Waals surface area contributed by atoms with Crippen molar-refractivity contribution in [2.24, 2.45) is 0 Å². The zero-order chi connectivity index (χ0) is 31.3. The van der Waals surface area contributed by atoms with E-state index in [9.17, 15) is 18.0 Å². The van der Waals surface area contributed by atoms with Crippen molar-refractivity contribution in [2.45, 2.75) is 43.0 Å². The minimum atomic E-state index is -3.81. The Morgan fingerprint density at radius 1 is 1.11 bits per heavy atom. The second-order valence-corrected chi connectivity index (χ2v) is 13.7. The van der Waals surface area contributed by atoms with Crippen molar-refractivity contribution in [1.29, 1.82) is 0 Å². The largest absolute Gasteiger partial charge is 0.355 e. The van der Waals surface area contributed by atoms with Crippen molar-refractivity contribution >= 4 is 44.2 Å². The number of rotatable bonds is 6. The van der Waals surface area contributed by atoms with Crippen LogP contribution in [0.3, 0.4) is 0 Å². The van der Waals surface area contributed by atoms with Gasteiger partial charge >= 0.3 is 5.69 Å². The van der Waals surface area contributed by atoms with Crippen LogP contribution in [0.4, 0.5) is 10.2 Å². The summed E-state index contributed by atoms with van der Waals surface area (Å²) in [5.41, 5.74) is 0.450. The SMILES string of the molecule is C=CC(=O)N1CCN(c2nc(=O)n(-c3c(C4CCC4)cccc3S(C)(=O)=O)c3nc(-c4ccccc4Cl)c(F)cc23)[C@@H](C)C1. The summed E-state index contributed by atoms with van der Waals surface area (Å²) in [5.74, 6) is -0.628. The second kappa shape index (κ2) is 11.4. The highest BCUT2D eigenvalue weighted by Crippen LogP contribution is 2.42. The molecular formula is C32H31ClFN5O4S. The number of para-hydroxylation sites is 1. The minimum Gasteiger partial charge on any atom is -0.350 e. The number of amides is 1. The quantitative estimate of drug-likeness (QED) is 0.270. The summed E-state index contributed by atoms with van der Waals surface area (Å²) >= 11 is 6.46. The Labute approximate surface area is 259 Å². The molecule has 1 atom stereocenters. The van der Waals surface area contributed by atoms with Crippen LogP contribution in [-0.4, -0.2) is 65.7 Å². The molecule has 1 amide bonds. The molecule has 1 aliphatic carbocycles. The summed E-state index contributed by atoms with van der Waals surface area (Å²) in [4.78, 5) is 39.1. The molecule has 2 aromatic carbocycles. The molecule has 4 aromatic rings. The molecule has 0 unspecified atom stereocenters. The predicted molar refractivity (Wildman–Crippen MR) is 169 cm³/mol. The maximum atomic E-state index is 16.0. The number of nitrogens with zero attached hydrogens (tertiary/aromatic N) is 5. The van der Waals surface area contributed by atoms with E-state index in [1.165, 1.54) is 22.8 Å². The number of sulfone groups is 1. The molecule has 2 fully saturated rings. The van der Waals surface area contributed by atoms with Crippen LogP contribution in [-0.2, 0) is 14.6 Å². The van der Waals surface area contributed by atoms with E-state index in [4.69, 9.17) is 16.6 Å². The monoisotopic (exact) mass is 635 g/mol. The lowest BCUT2D eigenvalue weighted by Gasteiger charge is -2.40. The number of halogens is 2. The van der Waals surface area contributed by atoms with Gasteiger partial charge in [0.2, 0.25) is 5.91 Å². The van der Waals surface area contributed by atoms with Gasteiger partial charge in [-0.2, -0.15) is 4.98 Å². The van der Waals surface area contributed by atoms with E-state index in [0.717, 1.165) is 25.5 Å². The average molecular weight is 636 g/mol. The summed E-state index contributed by atoms with van der Waals surface area (Å²) in [7, 11) is -3.81. The number of fused-ring (bicyclic) bond motifs is 1. The molecule has 0 radical (unpaired) electrons. The van der Waals surface area contributed by atoms with Gasteiger partial charge in [-0.15, -0.1) is 0 Å². The molecular weight excluding hydrogens is 605 g/mol. The lowest BCUT2D eigenvalue weighted by atomic mass is 9.79. The number of anilines is 1. The van der Waals surface area contributed by atoms with Gasteiger partial charge in [-0.3, -0.25) is 4.79 Å². The molecule has 12 heteroatoms. The molecule has 1 aliphatic heterocycles. The minimum absolute atomic E-state index is 0.0322. The topological polar surface area (TPSA) is 105 Å². The zero-order valence-electron chi connectivity index (χ0n) is 24.3. The lowest BCUT2D eigenvalue weighted by Crippen LogP contribution is -2.54. The number of piperazine rings is 1. The van der Waals surface area contributed by atoms with Crippen molar-refractivity contribution in [3.05, 3.63) is 88.1 Å². The highest BCUT2D eigenvalue weighted by atomic mass is 35.5. The molecule has 9 nitrogen and oxygen atoms in total. The van der Waals surface area contributed by atoms with Gasteiger partial charge in [0.05, 0.1) is 21.0 Å². The number of carbonyl (C=O) groups excluding carboxylic acids is 1. The number of carbonyl (C=O) groups is 1. The predicted octanol–water partition coefficient (Wildman–Crippen LogP) is 5.13. The molecule has 2 aliphatic rings. The summed E-state index contributed by atoms with van der Waals surface area (Å²) in [5, 5.41) is 0.501. The maximum absolute atomic E-state index is 16.0. The zero-order valence-corrected chi connectivity index (χ0v) is 25.9. The third kappa shape index (κ3) is 5.17.